The highest BCUT2D eigenvalue weighted by Crippen LogP contribution is 2.27. The summed E-state index contributed by atoms with van der Waals surface area (Å²) in [6.45, 7) is 6.14. The Balaban J connectivity index is 2.27. The van der Waals surface area contributed by atoms with E-state index in [-0.39, 0.29) is 0 Å². The predicted octanol–water partition coefficient (Wildman–Crippen LogP) is 0.996. The fraction of sp³-hybridized carbons (Fsp3) is 0.727. The highest BCUT2D eigenvalue weighted by molar-refractivity contribution is 6.31. The van der Waals surface area contributed by atoms with Crippen molar-refractivity contribution in [1.29, 1.82) is 0 Å². The molecular weight excluding hydrogens is 226 g/mol. The maximum absolute atomic E-state index is 10.1. The van der Waals surface area contributed by atoms with Crippen LogP contribution in [0.1, 0.15) is 25.2 Å². The van der Waals surface area contributed by atoms with Crippen LogP contribution >= 0.6 is 11.6 Å². The van der Waals surface area contributed by atoms with Gasteiger partial charge in [0.15, 0.2) is 0 Å². The van der Waals surface area contributed by atoms with E-state index >= 15 is 0 Å². The minimum atomic E-state index is -0.637. The lowest BCUT2D eigenvalue weighted by molar-refractivity contribution is -0.0106. The van der Waals surface area contributed by atoms with Gasteiger partial charge >= 0.3 is 0 Å². The summed E-state index contributed by atoms with van der Waals surface area (Å²) in [5.74, 6) is 0. The molecule has 1 fully saturated rings. The van der Waals surface area contributed by atoms with Crippen LogP contribution in [0.5, 0.6) is 0 Å². The van der Waals surface area contributed by atoms with Gasteiger partial charge in [-0.2, -0.15) is 5.10 Å². The van der Waals surface area contributed by atoms with Crippen molar-refractivity contribution in [3.63, 3.8) is 0 Å². The number of nitrogens with one attached hydrogen (secondary N) is 1. The molecule has 16 heavy (non-hydrogen) atoms. The molecule has 1 saturated heterocycles. The smallest absolute Gasteiger partial charge is 0.0950 e. The van der Waals surface area contributed by atoms with Gasteiger partial charge in [0, 0.05) is 26.1 Å². The Morgan fingerprint density at radius 1 is 1.50 bits per heavy atom. The molecule has 0 bridgehead atoms. The van der Waals surface area contributed by atoms with Crippen molar-refractivity contribution in [2.24, 2.45) is 0 Å². The van der Waals surface area contributed by atoms with E-state index in [1.165, 1.54) is 0 Å². The lowest BCUT2D eigenvalue weighted by atomic mass is 9.91. The molecule has 0 amide bonds. The monoisotopic (exact) mass is 243 g/mol. The Bertz CT molecular complexity index is 385. The second-order valence-corrected chi connectivity index (χ2v) is 4.76. The lowest BCUT2D eigenvalue weighted by Gasteiger charge is -2.37. The van der Waals surface area contributed by atoms with Crippen molar-refractivity contribution in [3.8, 4) is 0 Å². The minimum absolute atomic E-state index is 0.583. The molecule has 0 aromatic carbocycles. The van der Waals surface area contributed by atoms with Crippen molar-refractivity contribution in [2.45, 2.75) is 38.8 Å². The maximum Gasteiger partial charge on any atom is 0.0950 e. The molecule has 2 N–H and O–H groups in total. The predicted molar refractivity (Wildman–Crippen MR) is 63.8 cm³/mol. The number of aromatic nitrogens is 2. The van der Waals surface area contributed by atoms with E-state index in [0.29, 0.717) is 19.5 Å². The molecule has 0 saturated carbocycles. The van der Waals surface area contributed by atoms with Crippen LogP contribution < -0.4 is 5.32 Å². The first-order valence-electron chi connectivity index (χ1n) is 5.77. The quantitative estimate of drug-likeness (QED) is 0.830. The summed E-state index contributed by atoms with van der Waals surface area (Å²) in [4.78, 5) is 0. The Hall–Kier alpha value is -0.580. The first-order valence-corrected chi connectivity index (χ1v) is 6.14. The SMILES string of the molecule is CCc1nn(CC)c(CC2(O)CNC2)c1Cl. The van der Waals surface area contributed by atoms with Gasteiger partial charge in [0.05, 0.1) is 22.0 Å². The largest absolute Gasteiger partial charge is 0.387 e. The average Bonchev–Trinajstić information content (AvgIpc) is 2.53. The summed E-state index contributed by atoms with van der Waals surface area (Å²) in [6, 6.07) is 0. The zero-order chi connectivity index (χ0) is 11.8. The molecule has 0 spiro atoms. The first-order chi connectivity index (χ1) is 7.59. The van der Waals surface area contributed by atoms with Crippen LogP contribution in [0, 0.1) is 0 Å². The lowest BCUT2D eigenvalue weighted by Crippen LogP contribution is -2.60. The van der Waals surface area contributed by atoms with E-state index in [1.807, 2.05) is 18.5 Å². The fourth-order valence-corrected chi connectivity index (χ4v) is 2.37. The van der Waals surface area contributed by atoms with Gasteiger partial charge in [-0.3, -0.25) is 4.68 Å². The van der Waals surface area contributed by atoms with Crippen molar-refractivity contribution in [1.82, 2.24) is 15.1 Å². The molecule has 1 aliphatic heterocycles. The maximum atomic E-state index is 10.1. The summed E-state index contributed by atoms with van der Waals surface area (Å²) in [7, 11) is 0. The number of halogens is 1. The van der Waals surface area contributed by atoms with Gasteiger partial charge < -0.3 is 10.4 Å². The zero-order valence-corrected chi connectivity index (χ0v) is 10.5. The Morgan fingerprint density at radius 2 is 2.19 bits per heavy atom. The molecule has 0 unspecified atom stereocenters. The topological polar surface area (TPSA) is 50.1 Å². The molecule has 0 aliphatic carbocycles. The third kappa shape index (κ3) is 1.97. The molecule has 5 heteroatoms. The summed E-state index contributed by atoms with van der Waals surface area (Å²) in [5, 5.41) is 18.4. The molecular formula is C11H18ClN3O. The number of hydrogen-bond acceptors (Lipinski definition) is 3. The Kier molecular flexibility index (Phi) is 3.24. The Morgan fingerprint density at radius 3 is 2.62 bits per heavy atom. The molecule has 2 rings (SSSR count). The highest BCUT2D eigenvalue weighted by Gasteiger charge is 2.36. The third-order valence-corrected chi connectivity index (χ3v) is 3.54. The van der Waals surface area contributed by atoms with Crippen LogP contribution in [0.4, 0.5) is 0 Å². The summed E-state index contributed by atoms with van der Waals surface area (Å²) in [6.07, 6.45) is 1.41. The number of rotatable bonds is 4. The third-order valence-electron chi connectivity index (χ3n) is 3.10. The molecule has 1 aromatic rings. The standard InChI is InChI=1S/C11H18ClN3O/c1-3-8-10(12)9(15(4-2)14-8)5-11(16)6-13-7-11/h13,16H,3-7H2,1-2H3. The molecule has 1 aliphatic rings. The highest BCUT2D eigenvalue weighted by atomic mass is 35.5. The number of aryl methyl sites for hydroxylation is 2. The Labute approximate surface area is 101 Å². The van der Waals surface area contributed by atoms with Crippen LogP contribution in [-0.2, 0) is 19.4 Å². The van der Waals surface area contributed by atoms with E-state index in [1.54, 1.807) is 0 Å². The molecule has 0 radical (unpaired) electrons. The van der Waals surface area contributed by atoms with E-state index < -0.39 is 5.60 Å². The molecule has 90 valence electrons. The van der Waals surface area contributed by atoms with Gasteiger partial charge in [-0.15, -0.1) is 0 Å². The van der Waals surface area contributed by atoms with Crippen LogP contribution in [0.25, 0.3) is 0 Å². The van der Waals surface area contributed by atoms with Gasteiger partial charge in [0.1, 0.15) is 0 Å². The minimum Gasteiger partial charge on any atom is -0.387 e. The van der Waals surface area contributed by atoms with Crippen molar-refractivity contribution in [3.05, 3.63) is 16.4 Å². The first kappa shape index (κ1) is 11.9. The molecule has 4 nitrogen and oxygen atoms in total. The van der Waals surface area contributed by atoms with E-state index in [9.17, 15) is 5.11 Å². The molecule has 0 atom stereocenters. The number of nitrogens with zero attached hydrogens (tertiary/aromatic N) is 2. The van der Waals surface area contributed by atoms with Gasteiger partial charge in [-0.1, -0.05) is 18.5 Å². The van der Waals surface area contributed by atoms with E-state index in [2.05, 4.69) is 10.4 Å². The zero-order valence-electron chi connectivity index (χ0n) is 9.76. The number of β-amino-alcohol motifs (C(OH)–C–C–N with tert-alkyl or cyclic N) is 1. The van der Waals surface area contributed by atoms with Crippen molar-refractivity contribution >= 4 is 11.6 Å². The number of aliphatic hydroxyl groups is 1. The van der Waals surface area contributed by atoms with E-state index in [4.69, 9.17) is 11.6 Å². The summed E-state index contributed by atoms with van der Waals surface area (Å²) < 4.78 is 1.90. The van der Waals surface area contributed by atoms with Gasteiger partial charge in [-0.25, -0.2) is 0 Å². The second-order valence-electron chi connectivity index (χ2n) is 4.38. The molecule has 2 heterocycles. The summed E-state index contributed by atoms with van der Waals surface area (Å²) in [5.41, 5.74) is 1.25. The van der Waals surface area contributed by atoms with Gasteiger partial charge in [-0.05, 0) is 13.3 Å². The van der Waals surface area contributed by atoms with Crippen LogP contribution in [0.15, 0.2) is 0 Å². The fourth-order valence-electron chi connectivity index (χ4n) is 2.04. The molecule has 1 aromatic heterocycles. The van der Waals surface area contributed by atoms with Crippen molar-refractivity contribution < 1.29 is 5.11 Å². The van der Waals surface area contributed by atoms with Gasteiger partial charge in [0.2, 0.25) is 0 Å². The second kappa shape index (κ2) is 4.35. The number of hydrogen-bond donors (Lipinski definition) is 2. The van der Waals surface area contributed by atoms with Crippen LogP contribution in [-0.4, -0.2) is 33.6 Å². The van der Waals surface area contributed by atoms with Crippen molar-refractivity contribution in [2.75, 3.05) is 13.1 Å². The van der Waals surface area contributed by atoms with Crippen LogP contribution in [0.2, 0.25) is 5.02 Å². The normalized spacial score (nSPS) is 18.5. The van der Waals surface area contributed by atoms with Gasteiger partial charge in [0.25, 0.3) is 0 Å². The summed E-state index contributed by atoms with van der Waals surface area (Å²) >= 11 is 6.28. The average molecular weight is 244 g/mol. The van der Waals surface area contributed by atoms with E-state index in [0.717, 1.165) is 29.4 Å². The van der Waals surface area contributed by atoms with Crippen LogP contribution in [0.3, 0.4) is 0 Å².